The monoisotopic (exact) mass is 416 g/mol. The van der Waals surface area contributed by atoms with Gasteiger partial charge in [0.25, 0.3) is 0 Å². The molecule has 2 heterocycles. The number of aliphatic hydroxyl groups excluding tert-OH is 1. The number of halogens is 1. The minimum Gasteiger partial charge on any atom is -0.417 e. The molecule has 1 saturated carbocycles. The molecule has 5 heteroatoms. The van der Waals surface area contributed by atoms with Crippen LogP contribution in [-0.4, -0.2) is 42.2 Å². The summed E-state index contributed by atoms with van der Waals surface area (Å²) >= 11 is 3.93. The second-order valence-electron chi connectivity index (χ2n) is 9.41. The van der Waals surface area contributed by atoms with Gasteiger partial charge in [0.1, 0.15) is 5.60 Å². The normalized spacial score (nSPS) is 41.7. The fraction of sp³-hybridized carbons (Fsp3) is 0.895. The minimum atomic E-state index is -1.69. The zero-order valence-electron chi connectivity index (χ0n) is 15.8. The van der Waals surface area contributed by atoms with Crippen LogP contribution in [0.3, 0.4) is 0 Å². The largest absolute Gasteiger partial charge is 0.417 e. The highest BCUT2D eigenvalue weighted by Crippen LogP contribution is 2.58. The summed E-state index contributed by atoms with van der Waals surface area (Å²) in [7, 11) is -1.69. The molecule has 3 rings (SSSR count). The second kappa shape index (κ2) is 6.19. The van der Waals surface area contributed by atoms with E-state index in [4.69, 9.17) is 9.16 Å². The second-order valence-corrected chi connectivity index (χ2v) is 15.6. The van der Waals surface area contributed by atoms with Gasteiger partial charge in [0.05, 0.1) is 16.5 Å². The molecule has 0 aromatic rings. The Bertz CT molecular complexity index is 515. The van der Waals surface area contributed by atoms with Crippen molar-refractivity contribution in [3.05, 3.63) is 12.2 Å². The third kappa shape index (κ3) is 2.88. The SMILES string of the molecule is CC(C)(C)[Si](C)(C)OCCCC12C=CC(O1)C1CCCC2(Br)C1O. The number of ether oxygens (including phenoxy) is 1. The number of aliphatic hydroxyl groups is 1. The smallest absolute Gasteiger partial charge is 0.191 e. The molecular weight excluding hydrogens is 384 g/mol. The molecule has 1 aliphatic carbocycles. The Morgan fingerprint density at radius 2 is 2.08 bits per heavy atom. The number of hydrogen-bond donors (Lipinski definition) is 1. The quantitative estimate of drug-likeness (QED) is 0.303. The fourth-order valence-corrected chi connectivity index (χ4v) is 6.44. The fourth-order valence-electron chi connectivity index (χ4n) is 4.31. The molecule has 2 aliphatic heterocycles. The first-order valence-electron chi connectivity index (χ1n) is 9.41. The van der Waals surface area contributed by atoms with Crippen molar-refractivity contribution < 1.29 is 14.3 Å². The van der Waals surface area contributed by atoms with E-state index in [0.717, 1.165) is 38.7 Å². The van der Waals surface area contributed by atoms with E-state index < -0.39 is 8.32 Å². The van der Waals surface area contributed by atoms with Gasteiger partial charge >= 0.3 is 0 Å². The van der Waals surface area contributed by atoms with Crippen LogP contribution in [0.25, 0.3) is 0 Å². The summed E-state index contributed by atoms with van der Waals surface area (Å²) in [6.45, 7) is 12.2. The van der Waals surface area contributed by atoms with E-state index in [1.165, 1.54) is 0 Å². The van der Waals surface area contributed by atoms with Crippen LogP contribution in [0.5, 0.6) is 0 Å². The summed E-state index contributed by atoms with van der Waals surface area (Å²) in [6.07, 6.45) is 9.27. The molecule has 5 atom stereocenters. The zero-order valence-corrected chi connectivity index (χ0v) is 18.4. The van der Waals surface area contributed by atoms with Gasteiger partial charge < -0.3 is 14.3 Å². The molecule has 3 aliphatic rings. The topological polar surface area (TPSA) is 38.7 Å². The van der Waals surface area contributed by atoms with Crippen molar-refractivity contribution >= 4 is 24.2 Å². The van der Waals surface area contributed by atoms with Crippen molar-refractivity contribution in [2.24, 2.45) is 5.92 Å². The Balaban J connectivity index is 1.64. The van der Waals surface area contributed by atoms with Crippen LogP contribution < -0.4 is 0 Å². The highest BCUT2D eigenvalue weighted by atomic mass is 79.9. The molecule has 5 unspecified atom stereocenters. The average Bonchev–Trinajstić information content (AvgIpc) is 2.89. The number of hydrogen-bond acceptors (Lipinski definition) is 3. The molecule has 4 bridgehead atoms. The standard InChI is InChI=1S/C19H33BrO3Si/c1-17(2,3)24(4,5)22-13-7-10-18-12-9-15(23-18)14-8-6-11-19(18,20)16(14)21/h9,12,14-16,21H,6-8,10-11,13H2,1-5H3. The van der Waals surface area contributed by atoms with E-state index in [-0.39, 0.29) is 33.1 Å². The van der Waals surface area contributed by atoms with Crippen LogP contribution in [0, 0.1) is 5.92 Å². The molecular formula is C19H33BrO3Si. The van der Waals surface area contributed by atoms with Gasteiger partial charge in [0.2, 0.25) is 0 Å². The summed E-state index contributed by atoms with van der Waals surface area (Å²) in [5.74, 6) is 0.244. The Labute approximate surface area is 156 Å². The van der Waals surface area contributed by atoms with Crippen LogP contribution in [0.2, 0.25) is 18.1 Å². The summed E-state index contributed by atoms with van der Waals surface area (Å²) < 4.78 is 12.5. The van der Waals surface area contributed by atoms with Crippen molar-refractivity contribution in [2.75, 3.05) is 6.61 Å². The van der Waals surface area contributed by atoms with Crippen LogP contribution in [-0.2, 0) is 9.16 Å². The summed E-state index contributed by atoms with van der Waals surface area (Å²) in [5, 5.41) is 11.1. The lowest BCUT2D eigenvalue weighted by atomic mass is 9.67. The van der Waals surface area contributed by atoms with Crippen LogP contribution in [0.15, 0.2) is 12.2 Å². The van der Waals surface area contributed by atoms with Crippen LogP contribution >= 0.6 is 15.9 Å². The summed E-state index contributed by atoms with van der Waals surface area (Å²) in [4.78, 5) is 0. The van der Waals surface area contributed by atoms with Crippen molar-refractivity contribution in [2.45, 2.75) is 93.1 Å². The molecule has 138 valence electrons. The number of fused-ring (bicyclic) bond motifs is 6. The van der Waals surface area contributed by atoms with Gasteiger partial charge in [-0.2, -0.15) is 0 Å². The lowest BCUT2D eigenvalue weighted by Gasteiger charge is -2.56. The van der Waals surface area contributed by atoms with E-state index in [0.29, 0.717) is 0 Å². The molecule has 0 spiro atoms. The Morgan fingerprint density at radius 3 is 2.75 bits per heavy atom. The van der Waals surface area contributed by atoms with Crippen LogP contribution in [0.4, 0.5) is 0 Å². The summed E-state index contributed by atoms with van der Waals surface area (Å²) in [6, 6.07) is 0. The van der Waals surface area contributed by atoms with Crippen molar-refractivity contribution in [1.82, 2.24) is 0 Å². The highest BCUT2D eigenvalue weighted by molar-refractivity contribution is 9.10. The first-order chi connectivity index (χ1) is 11.0. The predicted molar refractivity (Wildman–Crippen MR) is 104 cm³/mol. The van der Waals surface area contributed by atoms with Gasteiger partial charge in [0, 0.05) is 12.5 Å². The molecule has 3 nitrogen and oxygen atoms in total. The van der Waals surface area contributed by atoms with Gasteiger partial charge in [-0.15, -0.1) is 0 Å². The maximum absolute atomic E-state index is 10.9. The molecule has 0 aromatic heterocycles. The minimum absolute atomic E-state index is 0.0901. The molecule has 0 radical (unpaired) electrons. The summed E-state index contributed by atoms with van der Waals surface area (Å²) in [5.41, 5.74) is -0.370. The molecule has 1 N–H and O–H groups in total. The molecule has 0 aromatic carbocycles. The lowest BCUT2D eigenvalue weighted by Crippen LogP contribution is -2.66. The molecule has 24 heavy (non-hydrogen) atoms. The first-order valence-corrected chi connectivity index (χ1v) is 13.1. The first kappa shape index (κ1) is 19.1. The maximum Gasteiger partial charge on any atom is 0.191 e. The van der Waals surface area contributed by atoms with Crippen molar-refractivity contribution in [3.63, 3.8) is 0 Å². The Hall–Kier alpha value is 0.317. The van der Waals surface area contributed by atoms with Crippen LogP contribution in [0.1, 0.15) is 52.9 Å². The van der Waals surface area contributed by atoms with Crippen molar-refractivity contribution in [3.8, 4) is 0 Å². The Kier molecular flexibility index (Phi) is 4.92. The predicted octanol–water partition coefficient (Wildman–Crippen LogP) is 4.79. The van der Waals surface area contributed by atoms with Gasteiger partial charge in [0.15, 0.2) is 8.32 Å². The van der Waals surface area contributed by atoms with E-state index in [2.05, 4.69) is 61.9 Å². The molecule has 0 amide bonds. The van der Waals surface area contributed by atoms with Gasteiger partial charge in [-0.05, 0) is 43.8 Å². The number of rotatable bonds is 5. The third-order valence-electron chi connectivity index (χ3n) is 6.94. The van der Waals surface area contributed by atoms with Crippen molar-refractivity contribution in [1.29, 1.82) is 0 Å². The van der Waals surface area contributed by atoms with Gasteiger partial charge in [-0.3, -0.25) is 0 Å². The van der Waals surface area contributed by atoms with E-state index in [9.17, 15) is 5.11 Å². The van der Waals surface area contributed by atoms with Gasteiger partial charge in [-0.25, -0.2) is 0 Å². The van der Waals surface area contributed by atoms with E-state index in [1.54, 1.807) is 0 Å². The van der Waals surface area contributed by atoms with E-state index >= 15 is 0 Å². The molecule has 1 saturated heterocycles. The van der Waals surface area contributed by atoms with Gasteiger partial charge in [-0.1, -0.05) is 55.3 Å². The average molecular weight is 417 g/mol. The maximum atomic E-state index is 10.9. The lowest BCUT2D eigenvalue weighted by molar-refractivity contribution is -0.182. The zero-order chi connectivity index (χ0) is 17.8. The third-order valence-corrected chi connectivity index (χ3v) is 13.0. The Morgan fingerprint density at radius 1 is 1.38 bits per heavy atom. The highest BCUT2D eigenvalue weighted by Gasteiger charge is 2.64. The molecule has 2 fully saturated rings. The van der Waals surface area contributed by atoms with E-state index in [1.807, 2.05) is 0 Å². The number of alkyl halides is 1.